The minimum atomic E-state index is -0.584. The Morgan fingerprint density at radius 1 is 1.12 bits per heavy atom. The first kappa shape index (κ1) is 9.51. The minimum Gasteiger partial charge on any atom is -0.342 e. The molecule has 4 heteroatoms. The predicted molar refractivity (Wildman–Crippen MR) is 55.9 cm³/mol. The van der Waals surface area contributed by atoms with Gasteiger partial charge < -0.3 is 4.98 Å². The van der Waals surface area contributed by atoms with Gasteiger partial charge in [-0.15, -0.1) is 0 Å². The zero-order valence-electron chi connectivity index (χ0n) is 8.50. The molecule has 0 bridgehead atoms. The van der Waals surface area contributed by atoms with Crippen LogP contribution in [0, 0.1) is 11.6 Å². The van der Waals surface area contributed by atoms with Crippen molar-refractivity contribution in [3.63, 3.8) is 0 Å². The number of hydrogen-bond acceptors (Lipinski definition) is 1. The summed E-state index contributed by atoms with van der Waals surface area (Å²) in [4.78, 5) is 7.24. The van der Waals surface area contributed by atoms with Crippen LogP contribution in [-0.4, -0.2) is 9.97 Å². The first-order valence-corrected chi connectivity index (χ1v) is 5.24. The predicted octanol–water partition coefficient (Wildman–Crippen LogP) is 3.23. The number of aromatic nitrogens is 2. The van der Waals surface area contributed by atoms with Crippen molar-refractivity contribution in [2.45, 2.75) is 18.8 Å². The number of benzene rings is 1. The third kappa shape index (κ3) is 1.71. The van der Waals surface area contributed by atoms with Gasteiger partial charge >= 0.3 is 0 Å². The molecule has 0 saturated heterocycles. The summed E-state index contributed by atoms with van der Waals surface area (Å²) in [5, 5.41) is 0. The van der Waals surface area contributed by atoms with Gasteiger partial charge in [-0.1, -0.05) is 0 Å². The molecule has 2 nitrogen and oxygen atoms in total. The van der Waals surface area contributed by atoms with Gasteiger partial charge in [-0.05, 0) is 25.0 Å². The molecule has 1 fully saturated rings. The quantitative estimate of drug-likeness (QED) is 0.826. The van der Waals surface area contributed by atoms with Crippen molar-refractivity contribution in [2.24, 2.45) is 0 Å². The number of imidazole rings is 1. The van der Waals surface area contributed by atoms with Gasteiger partial charge in [-0.2, -0.15) is 0 Å². The summed E-state index contributed by atoms with van der Waals surface area (Å²) < 4.78 is 26.0. The summed E-state index contributed by atoms with van der Waals surface area (Å²) in [6.45, 7) is 0. The van der Waals surface area contributed by atoms with Crippen LogP contribution in [-0.2, 0) is 0 Å². The number of hydrogen-bond donors (Lipinski definition) is 1. The van der Waals surface area contributed by atoms with Gasteiger partial charge in [0.05, 0.1) is 0 Å². The molecule has 1 heterocycles. The van der Waals surface area contributed by atoms with E-state index in [-0.39, 0.29) is 0 Å². The van der Waals surface area contributed by atoms with Gasteiger partial charge in [0, 0.05) is 29.4 Å². The van der Waals surface area contributed by atoms with Crippen LogP contribution in [0.15, 0.2) is 24.4 Å². The summed E-state index contributed by atoms with van der Waals surface area (Å²) in [6, 6.07) is 3.41. The lowest BCUT2D eigenvalue weighted by molar-refractivity contribution is 0.584. The number of nitrogens with zero attached hydrogens (tertiary/aromatic N) is 1. The standard InChI is InChI=1S/C12H10F2N2/c13-9-3-8(4-10(14)5-9)12-15-6-11(16-12)7-1-2-7/h3-7H,1-2H2,(H,15,16). The van der Waals surface area contributed by atoms with E-state index in [2.05, 4.69) is 9.97 Å². The first-order chi connectivity index (χ1) is 7.72. The lowest BCUT2D eigenvalue weighted by Gasteiger charge is -1.98. The highest BCUT2D eigenvalue weighted by atomic mass is 19.1. The summed E-state index contributed by atoms with van der Waals surface area (Å²) in [7, 11) is 0. The van der Waals surface area contributed by atoms with E-state index < -0.39 is 11.6 Å². The second kappa shape index (κ2) is 3.40. The van der Waals surface area contributed by atoms with Crippen LogP contribution in [0.3, 0.4) is 0 Å². The van der Waals surface area contributed by atoms with E-state index in [0.717, 1.165) is 11.8 Å². The van der Waals surface area contributed by atoms with Crippen molar-refractivity contribution in [1.29, 1.82) is 0 Å². The third-order valence-electron chi connectivity index (χ3n) is 2.75. The fraction of sp³-hybridized carbons (Fsp3) is 0.250. The Hall–Kier alpha value is -1.71. The Kier molecular flexibility index (Phi) is 2.02. The van der Waals surface area contributed by atoms with Gasteiger partial charge in [-0.3, -0.25) is 0 Å². The van der Waals surface area contributed by atoms with E-state index in [4.69, 9.17) is 0 Å². The maximum Gasteiger partial charge on any atom is 0.137 e. The molecule has 0 spiro atoms. The molecule has 1 aliphatic carbocycles. The van der Waals surface area contributed by atoms with Gasteiger partial charge in [-0.25, -0.2) is 13.8 Å². The number of aromatic amines is 1. The normalized spacial score (nSPS) is 15.4. The molecule has 0 radical (unpaired) electrons. The van der Waals surface area contributed by atoms with Crippen LogP contribution in [0.4, 0.5) is 8.78 Å². The molecule has 1 aromatic heterocycles. The third-order valence-corrected chi connectivity index (χ3v) is 2.75. The van der Waals surface area contributed by atoms with Crippen LogP contribution >= 0.6 is 0 Å². The zero-order chi connectivity index (χ0) is 11.1. The highest BCUT2D eigenvalue weighted by Crippen LogP contribution is 2.39. The van der Waals surface area contributed by atoms with Crippen molar-refractivity contribution in [3.8, 4) is 11.4 Å². The van der Waals surface area contributed by atoms with Crippen LogP contribution in [0.1, 0.15) is 24.5 Å². The molecule has 0 unspecified atom stereocenters. The molecular formula is C12H10F2N2. The van der Waals surface area contributed by atoms with Crippen molar-refractivity contribution in [2.75, 3.05) is 0 Å². The lowest BCUT2D eigenvalue weighted by Crippen LogP contribution is -1.86. The lowest BCUT2D eigenvalue weighted by atomic mass is 10.2. The topological polar surface area (TPSA) is 28.7 Å². The molecular weight excluding hydrogens is 210 g/mol. The number of H-pyrrole nitrogens is 1. The smallest absolute Gasteiger partial charge is 0.137 e. The molecule has 1 N–H and O–H groups in total. The minimum absolute atomic E-state index is 0.449. The fourth-order valence-electron chi connectivity index (χ4n) is 1.77. The molecule has 1 aromatic carbocycles. The molecule has 1 aliphatic rings. The molecule has 16 heavy (non-hydrogen) atoms. The molecule has 2 aromatic rings. The second-order valence-corrected chi connectivity index (χ2v) is 4.12. The van der Waals surface area contributed by atoms with Crippen LogP contribution in [0.2, 0.25) is 0 Å². The van der Waals surface area contributed by atoms with E-state index in [1.807, 2.05) is 0 Å². The number of rotatable bonds is 2. The van der Waals surface area contributed by atoms with Crippen molar-refractivity contribution < 1.29 is 8.78 Å². The SMILES string of the molecule is Fc1cc(F)cc(-c2ncc(C3CC3)[nH]2)c1. The average Bonchev–Trinajstić information content (AvgIpc) is 2.95. The van der Waals surface area contributed by atoms with E-state index in [0.29, 0.717) is 17.3 Å². The Morgan fingerprint density at radius 3 is 2.44 bits per heavy atom. The van der Waals surface area contributed by atoms with E-state index >= 15 is 0 Å². The second-order valence-electron chi connectivity index (χ2n) is 4.12. The molecule has 0 atom stereocenters. The summed E-state index contributed by atoms with van der Waals surface area (Å²) >= 11 is 0. The van der Waals surface area contributed by atoms with E-state index in [9.17, 15) is 8.78 Å². The van der Waals surface area contributed by atoms with Gasteiger partial charge in [0.15, 0.2) is 0 Å². The largest absolute Gasteiger partial charge is 0.342 e. The molecule has 82 valence electrons. The number of nitrogens with one attached hydrogen (secondary N) is 1. The van der Waals surface area contributed by atoms with Crippen LogP contribution in [0.25, 0.3) is 11.4 Å². The van der Waals surface area contributed by atoms with Crippen molar-refractivity contribution >= 4 is 0 Å². The Balaban J connectivity index is 2.00. The Bertz CT molecular complexity index is 509. The number of halogens is 2. The monoisotopic (exact) mass is 220 g/mol. The molecule has 0 aliphatic heterocycles. The molecule has 1 saturated carbocycles. The zero-order valence-corrected chi connectivity index (χ0v) is 8.50. The average molecular weight is 220 g/mol. The molecule has 3 rings (SSSR count). The highest BCUT2D eigenvalue weighted by molar-refractivity contribution is 5.55. The Morgan fingerprint density at radius 2 is 1.81 bits per heavy atom. The van der Waals surface area contributed by atoms with Crippen LogP contribution < -0.4 is 0 Å². The summed E-state index contributed by atoms with van der Waals surface area (Å²) in [5.41, 5.74) is 1.50. The Labute approximate surface area is 91.3 Å². The first-order valence-electron chi connectivity index (χ1n) is 5.24. The van der Waals surface area contributed by atoms with Crippen molar-refractivity contribution in [1.82, 2.24) is 9.97 Å². The van der Waals surface area contributed by atoms with Gasteiger partial charge in [0.25, 0.3) is 0 Å². The van der Waals surface area contributed by atoms with Crippen molar-refractivity contribution in [3.05, 3.63) is 41.7 Å². The van der Waals surface area contributed by atoms with Crippen LogP contribution in [0.5, 0.6) is 0 Å². The highest BCUT2D eigenvalue weighted by Gasteiger charge is 2.25. The van der Waals surface area contributed by atoms with Gasteiger partial charge in [0.2, 0.25) is 0 Å². The maximum absolute atomic E-state index is 13.0. The van der Waals surface area contributed by atoms with E-state index in [1.165, 1.54) is 25.0 Å². The fourth-order valence-corrected chi connectivity index (χ4v) is 1.77. The van der Waals surface area contributed by atoms with Gasteiger partial charge in [0.1, 0.15) is 17.5 Å². The molecule has 0 amide bonds. The van der Waals surface area contributed by atoms with E-state index in [1.54, 1.807) is 6.20 Å². The maximum atomic E-state index is 13.0. The summed E-state index contributed by atoms with van der Waals surface area (Å²) in [6.07, 6.45) is 4.08. The summed E-state index contributed by atoms with van der Waals surface area (Å²) in [5.74, 6) is -0.0845.